The van der Waals surface area contributed by atoms with E-state index in [1.165, 1.54) is 4.90 Å². The Hall–Kier alpha value is -0.820. The van der Waals surface area contributed by atoms with Gasteiger partial charge in [0.15, 0.2) is 0 Å². The van der Waals surface area contributed by atoms with E-state index in [9.17, 15) is 9.59 Å². The molecule has 0 bridgehead atoms. The van der Waals surface area contributed by atoms with E-state index in [0.717, 1.165) is 6.42 Å². The van der Waals surface area contributed by atoms with Crippen molar-refractivity contribution in [3.05, 3.63) is 0 Å². The summed E-state index contributed by atoms with van der Waals surface area (Å²) in [5.41, 5.74) is 0. The lowest BCUT2D eigenvalue weighted by Gasteiger charge is -2.09. The number of imide groups is 1. The van der Waals surface area contributed by atoms with Gasteiger partial charge < -0.3 is 0 Å². The summed E-state index contributed by atoms with van der Waals surface area (Å²) in [6.45, 7) is 2.54. The summed E-state index contributed by atoms with van der Waals surface area (Å²) in [6, 6.07) is 0. The van der Waals surface area contributed by atoms with Crippen LogP contribution in [0.4, 0.5) is 0 Å². The lowest BCUT2D eigenvalue weighted by molar-refractivity contribution is -0.138. The minimum absolute atomic E-state index is 0.105. The van der Waals surface area contributed by atoms with Crippen LogP contribution in [0.3, 0.4) is 0 Å². The molecule has 1 atom stereocenters. The Morgan fingerprint density at radius 1 is 1.77 bits per heavy atom. The lowest BCUT2D eigenvalue weighted by Crippen LogP contribution is -2.31. The highest BCUT2D eigenvalue weighted by Gasteiger charge is 2.31. The number of hydrogen-bond donors (Lipinski definition) is 0. The first-order valence-electron chi connectivity index (χ1n) is 4.15. The van der Waals surface area contributed by atoms with Crippen LogP contribution in [0.1, 0.15) is 19.8 Å². The van der Waals surface area contributed by atoms with Crippen LogP contribution in [0, 0.1) is 16.7 Å². The topological polar surface area (TPSA) is 37.4 Å². The molecular weight excluding hydrogens is 234 g/mol. The average molecular weight is 244 g/mol. The van der Waals surface area contributed by atoms with Gasteiger partial charge in [-0.2, -0.15) is 0 Å². The molecule has 0 N–H and O–H groups in total. The SMILES string of the molecule is CCC1CC(=O)N(C(=O)C#CBr)C1. The van der Waals surface area contributed by atoms with E-state index >= 15 is 0 Å². The van der Waals surface area contributed by atoms with Crippen LogP contribution in [-0.4, -0.2) is 23.3 Å². The Kier molecular flexibility index (Phi) is 3.49. The van der Waals surface area contributed by atoms with Crippen LogP contribution >= 0.6 is 15.9 Å². The molecule has 2 amide bonds. The Balaban J connectivity index is 2.65. The summed E-state index contributed by atoms with van der Waals surface area (Å²) in [5, 5.41) is 0. The second kappa shape index (κ2) is 4.43. The van der Waals surface area contributed by atoms with E-state index in [4.69, 9.17) is 0 Å². The maximum Gasteiger partial charge on any atom is 0.305 e. The molecule has 0 aromatic carbocycles. The maximum atomic E-state index is 11.3. The van der Waals surface area contributed by atoms with Crippen molar-refractivity contribution in [2.45, 2.75) is 19.8 Å². The molecule has 4 heteroatoms. The van der Waals surface area contributed by atoms with Gasteiger partial charge in [0.05, 0.1) is 0 Å². The molecule has 0 spiro atoms. The zero-order chi connectivity index (χ0) is 9.84. The molecule has 1 aliphatic heterocycles. The summed E-state index contributed by atoms with van der Waals surface area (Å²) in [4.78, 5) is 26.0. The van der Waals surface area contributed by atoms with E-state index in [0.29, 0.717) is 18.9 Å². The van der Waals surface area contributed by atoms with Gasteiger partial charge in [0.1, 0.15) is 0 Å². The van der Waals surface area contributed by atoms with Crippen LogP contribution in [0.5, 0.6) is 0 Å². The smallest absolute Gasteiger partial charge is 0.274 e. The summed E-state index contributed by atoms with van der Waals surface area (Å²) in [7, 11) is 0. The van der Waals surface area contributed by atoms with Crippen molar-refractivity contribution < 1.29 is 9.59 Å². The van der Waals surface area contributed by atoms with Gasteiger partial charge in [-0.1, -0.05) is 13.3 Å². The maximum absolute atomic E-state index is 11.3. The number of rotatable bonds is 1. The van der Waals surface area contributed by atoms with E-state index in [2.05, 4.69) is 26.7 Å². The standard InChI is InChI=1S/C9H10BrNO2/c1-2-7-5-9(13)11(6-7)8(12)3-4-10/h7H,2,5-6H2,1H3. The highest BCUT2D eigenvalue weighted by atomic mass is 79.9. The number of carbonyl (C=O) groups excluding carboxylic acids is 2. The third kappa shape index (κ3) is 2.31. The minimum atomic E-state index is -0.405. The van der Waals surface area contributed by atoms with Crippen molar-refractivity contribution >= 4 is 27.7 Å². The molecule has 1 fully saturated rings. The Bertz CT molecular complexity index is 290. The quantitative estimate of drug-likeness (QED) is 0.648. The number of amides is 2. The van der Waals surface area contributed by atoms with E-state index in [1.54, 1.807) is 0 Å². The zero-order valence-corrected chi connectivity index (χ0v) is 8.93. The average Bonchev–Trinajstić information content (AvgIpc) is 2.47. The van der Waals surface area contributed by atoms with Gasteiger partial charge in [0.25, 0.3) is 0 Å². The van der Waals surface area contributed by atoms with Crippen molar-refractivity contribution in [1.82, 2.24) is 4.90 Å². The first kappa shape index (κ1) is 10.3. The number of likely N-dealkylation sites (tertiary alicyclic amines) is 1. The second-order valence-corrected chi connectivity index (χ2v) is 3.40. The van der Waals surface area contributed by atoms with Crippen molar-refractivity contribution in [2.24, 2.45) is 5.92 Å². The molecule has 1 rings (SSSR count). The number of hydrogen-bond acceptors (Lipinski definition) is 2. The van der Waals surface area contributed by atoms with Gasteiger partial charge >= 0.3 is 5.91 Å². The van der Waals surface area contributed by atoms with Gasteiger partial charge in [0.2, 0.25) is 5.91 Å². The summed E-state index contributed by atoms with van der Waals surface area (Å²) < 4.78 is 0. The molecular formula is C9H10BrNO2. The van der Waals surface area contributed by atoms with Crippen LogP contribution in [-0.2, 0) is 9.59 Å². The number of carbonyl (C=O) groups is 2. The highest BCUT2D eigenvalue weighted by Crippen LogP contribution is 2.20. The predicted molar refractivity (Wildman–Crippen MR) is 51.8 cm³/mol. The van der Waals surface area contributed by atoms with E-state index < -0.39 is 5.91 Å². The Morgan fingerprint density at radius 2 is 2.46 bits per heavy atom. The van der Waals surface area contributed by atoms with E-state index in [-0.39, 0.29) is 5.91 Å². The largest absolute Gasteiger partial charge is 0.305 e. The third-order valence-corrected chi connectivity index (χ3v) is 2.38. The molecule has 3 nitrogen and oxygen atoms in total. The summed E-state index contributed by atoms with van der Waals surface area (Å²) in [6.07, 6.45) is 1.41. The van der Waals surface area contributed by atoms with Gasteiger partial charge in [-0.3, -0.25) is 14.5 Å². The van der Waals surface area contributed by atoms with Crippen LogP contribution in [0.15, 0.2) is 0 Å². The first-order valence-corrected chi connectivity index (χ1v) is 4.94. The molecule has 0 radical (unpaired) electrons. The fourth-order valence-corrected chi connectivity index (χ4v) is 1.53. The molecule has 1 unspecified atom stereocenters. The van der Waals surface area contributed by atoms with Crippen molar-refractivity contribution in [3.8, 4) is 10.8 Å². The highest BCUT2D eigenvalue weighted by molar-refractivity contribution is 9.12. The van der Waals surface area contributed by atoms with Gasteiger partial charge in [-0.05, 0) is 10.7 Å². The van der Waals surface area contributed by atoms with Crippen LogP contribution < -0.4 is 0 Å². The van der Waals surface area contributed by atoms with Crippen molar-refractivity contribution in [2.75, 3.05) is 6.54 Å². The Labute approximate surface area is 85.6 Å². The third-order valence-electron chi connectivity index (χ3n) is 2.18. The van der Waals surface area contributed by atoms with Gasteiger partial charge in [-0.15, -0.1) is 0 Å². The molecule has 0 aromatic heterocycles. The first-order chi connectivity index (χ1) is 6.19. The lowest BCUT2D eigenvalue weighted by atomic mass is 10.1. The Morgan fingerprint density at radius 3 is 2.92 bits per heavy atom. The second-order valence-electron chi connectivity index (χ2n) is 3.01. The monoisotopic (exact) mass is 243 g/mol. The molecule has 1 heterocycles. The predicted octanol–water partition coefficient (Wildman–Crippen LogP) is 1.13. The molecule has 1 aliphatic rings. The van der Waals surface area contributed by atoms with Crippen LogP contribution in [0.25, 0.3) is 0 Å². The van der Waals surface area contributed by atoms with Crippen LogP contribution in [0.2, 0.25) is 0 Å². The van der Waals surface area contributed by atoms with E-state index in [1.807, 2.05) is 6.92 Å². The van der Waals surface area contributed by atoms with Crippen molar-refractivity contribution in [1.29, 1.82) is 0 Å². The summed E-state index contributed by atoms with van der Waals surface area (Å²) >= 11 is 2.83. The fraction of sp³-hybridized carbons (Fsp3) is 0.556. The zero-order valence-electron chi connectivity index (χ0n) is 7.34. The minimum Gasteiger partial charge on any atom is -0.274 e. The molecule has 0 aliphatic carbocycles. The van der Waals surface area contributed by atoms with Gasteiger partial charge in [-0.25, -0.2) is 0 Å². The van der Waals surface area contributed by atoms with Gasteiger partial charge in [0, 0.05) is 34.8 Å². The molecule has 1 saturated heterocycles. The summed E-state index contributed by atoms with van der Waals surface area (Å²) in [5.74, 6) is 2.10. The molecule has 13 heavy (non-hydrogen) atoms. The molecule has 70 valence electrons. The molecule has 0 aromatic rings. The number of nitrogens with zero attached hydrogens (tertiary/aromatic N) is 1. The molecule has 0 saturated carbocycles. The fourth-order valence-electron chi connectivity index (χ4n) is 1.36. The normalized spacial score (nSPS) is 21.2. The van der Waals surface area contributed by atoms with Crippen molar-refractivity contribution in [3.63, 3.8) is 0 Å². The number of halogens is 1.